The number of halogens is 1. The van der Waals surface area contributed by atoms with Gasteiger partial charge in [0, 0.05) is 25.2 Å². The van der Waals surface area contributed by atoms with Gasteiger partial charge < -0.3 is 4.57 Å². The van der Waals surface area contributed by atoms with E-state index >= 15 is 0 Å². The number of para-hydroxylation sites is 1. The summed E-state index contributed by atoms with van der Waals surface area (Å²) in [6.45, 7) is 5.96. The van der Waals surface area contributed by atoms with E-state index in [1.165, 1.54) is 39.9 Å². The van der Waals surface area contributed by atoms with Gasteiger partial charge in [0.25, 0.3) is 5.91 Å². The molecule has 32 heavy (non-hydrogen) atoms. The third kappa shape index (κ3) is 4.55. The molecule has 9 heteroatoms. The monoisotopic (exact) mass is 491 g/mol. The van der Waals surface area contributed by atoms with Crippen molar-refractivity contribution in [3.8, 4) is 0 Å². The molecule has 1 saturated heterocycles. The Morgan fingerprint density at radius 1 is 1.16 bits per heavy atom. The molecule has 1 amide bonds. The summed E-state index contributed by atoms with van der Waals surface area (Å²) in [5.74, 6) is 0.135. The lowest BCUT2D eigenvalue weighted by atomic mass is 10.0. The number of piperidine rings is 1. The third-order valence-corrected chi connectivity index (χ3v) is 9.04. The standard InChI is InChI=1S/C23H26ClN3O3S2/c1-3-13-27-21-19(24)5-4-6-20(21)31-23(27)25-22(28)17-7-9-18(10-8-17)32(29,30)26-14-11-16(2)12-15-26/h4-10,16H,3,11-15H2,1-2H3. The van der Waals surface area contributed by atoms with E-state index in [2.05, 4.69) is 18.8 Å². The molecule has 1 aliphatic heterocycles. The van der Waals surface area contributed by atoms with Gasteiger partial charge in [-0.25, -0.2) is 8.42 Å². The number of hydrogen-bond donors (Lipinski definition) is 0. The molecule has 0 N–H and O–H groups in total. The van der Waals surface area contributed by atoms with Crippen LogP contribution in [-0.2, 0) is 16.6 Å². The van der Waals surface area contributed by atoms with E-state index in [1.807, 2.05) is 22.8 Å². The van der Waals surface area contributed by atoms with Crippen molar-refractivity contribution < 1.29 is 13.2 Å². The van der Waals surface area contributed by atoms with E-state index < -0.39 is 15.9 Å². The van der Waals surface area contributed by atoms with Gasteiger partial charge in [-0.3, -0.25) is 4.79 Å². The van der Waals surface area contributed by atoms with Crippen molar-refractivity contribution in [1.29, 1.82) is 0 Å². The number of thiazole rings is 1. The second-order valence-electron chi connectivity index (χ2n) is 8.15. The number of carbonyl (C=O) groups excluding carboxylic acids is 1. The number of benzene rings is 2. The summed E-state index contributed by atoms with van der Waals surface area (Å²) in [7, 11) is -3.55. The van der Waals surface area contributed by atoms with Crippen LogP contribution >= 0.6 is 22.9 Å². The summed E-state index contributed by atoms with van der Waals surface area (Å²) in [6.07, 6.45) is 2.61. The summed E-state index contributed by atoms with van der Waals surface area (Å²) in [4.78, 5) is 18.0. The van der Waals surface area contributed by atoms with E-state index in [9.17, 15) is 13.2 Å². The molecule has 170 valence electrons. The quantitative estimate of drug-likeness (QED) is 0.508. The second-order valence-corrected chi connectivity index (χ2v) is 11.5. The van der Waals surface area contributed by atoms with E-state index in [4.69, 9.17) is 11.6 Å². The van der Waals surface area contributed by atoms with Crippen LogP contribution in [0.4, 0.5) is 0 Å². The first-order valence-corrected chi connectivity index (χ1v) is 13.4. The summed E-state index contributed by atoms with van der Waals surface area (Å²) in [5.41, 5.74) is 1.23. The largest absolute Gasteiger partial charge is 0.315 e. The highest BCUT2D eigenvalue weighted by atomic mass is 35.5. The molecule has 2 aromatic carbocycles. The Morgan fingerprint density at radius 3 is 2.50 bits per heavy atom. The SMILES string of the molecule is CCCn1c(=NC(=O)c2ccc(S(=O)(=O)N3CCC(C)CC3)cc2)sc2cccc(Cl)c21. The van der Waals surface area contributed by atoms with Gasteiger partial charge in [0.05, 0.1) is 20.1 Å². The van der Waals surface area contributed by atoms with Crippen LogP contribution in [0.5, 0.6) is 0 Å². The van der Waals surface area contributed by atoms with E-state index in [0.29, 0.717) is 40.9 Å². The number of nitrogens with zero attached hydrogens (tertiary/aromatic N) is 3. The predicted molar refractivity (Wildman–Crippen MR) is 129 cm³/mol. The highest BCUT2D eigenvalue weighted by molar-refractivity contribution is 7.89. The van der Waals surface area contributed by atoms with Crippen LogP contribution in [0.25, 0.3) is 10.2 Å². The zero-order valence-corrected chi connectivity index (χ0v) is 20.5. The van der Waals surface area contributed by atoms with Crippen molar-refractivity contribution in [2.45, 2.75) is 44.6 Å². The number of aryl methyl sites for hydroxylation is 1. The molecule has 1 aliphatic rings. The Bertz CT molecular complexity index is 1300. The van der Waals surface area contributed by atoms with Crippen molar-refractivity contribution >= 4 is 49.1 Å². The molecule has 2 heterocycles. The normalized spacial score (nSPS) is 16.7. The highest BCUT2D eigenvalue weighted by Crippen LogP contribution is 2.26. The van der Waals surface area contributed by atoms with Crippen LogP contribution in [0.15, 0.2) is 52.4 Å². The molecule has 0 spiro atoms. The van der Waals surface area contributed by atoms with Crippen LogP contribution < -0.4 is 4.80 Å². The second kappa shape index (κ2) is 9.47. The number of sulfonamides is 1. The third-order valence-electron chi connectivity index (χ3n) is 5.78. The molecule has 1 fully saturated rings. The Morgan fingerprint density at radius 2 is 1.84 bits per heavy atom. The Kier molecular flexibility index (Phi) is 6.86. The summed E-state index contributed by atoms with van der Waals surface area (Å²) < 4.78 is 30.3. The van der Waals surface area contributed by atoms with E-state index in [0.717, 1.165) is 29.5 Å². The van der Waals surface area contributed by atoms with Gasteiger partial charge in [-0.1, -0.05) is 42.9 Å². The van der Waals surface area contributed by atoms with Gasteiger partial charge >= 0.3 is 0 Å². The van der Waals surface area contributed by atoms with Crippen molar-refractivity contribution in [2.24, 2.45) is 10.9 Å². The first-order valence-electron chi connectivity index (χ1n) is 10.8. The predicted octanol–water partition coefficient (Wildman–Crippen LogP) is 4.93. The van der Waals surface area contributed by atoms with Gasteiger partial charge in [-0.05, 0) is 61.6 Å². The first kappa shape index (κ1) is 23.2. The van der Waals surface area contributed by atoms with Crippen LogP contribution in [0, 0.1) is 5.92 Å². The molecule has 4 rings (SSSR count). The first-order chi connectivity index (χ1) is 15.3. The maximum Gasteiger partial charge on any atom is 0.279 e. The number of hydrogen-bond acceptors (Lipinski definition) is 4. The molecule has 0 saturated carbocycles. The van der Waals surface area contributed by atoms with Crippen molar-refractivity contribution in [3.05, 3.63) is 57.9 Å². The number of fused-ring (bicyclic) bond motifs is 1. The zero-order chi connectivity index (χ0) is 22.9. The van der Waals surface area contributed by atoms with Crippen molar-refractivity contribution in [2.75, 3.05) is 13.1 Å². The molecular formula is C23H26ClN3O3S2. The van der Waals surface area contributed by atoms with Gasteiger partial charge in [0.15, 0.2) is 4.80 Å². The molecular weight excluding hydrogens is 466 g/mol. The lowest BCUT2D eigenvalue weighted by Gasteiger charge is -2.29. The van der Waals surface area contributed by atoms with Gasteiger partial charge in [-0.15, -0.1) is 0 Å². The van der Waals surface area contributed by atoms with Crippen LogP contribution in [-0.4, -0.2) is 36.3 Å². The number of amides is 1. The van der Waals surface area contributed by atoms with Crippen LogP contribution in [0.2, 0.25) is 5.02 Å². The Balaban J connectivity index is 1.63. The summed E-state index contributed by atoms with van der Waals surface area (Å²) in [6, 6.07) is 11.7. The maximum atomic E-state index is 12.9. The molecule has 0 atom stereocenters. The lowest BCUT2D eigenvalue weighted by molar-refractivity contribution is 0.0997. The van der Waals surface area contributed by atoms with Crippen molar-refractivity contribution in [3.63, 3.8) is 0 Å². The number of rotatable bonds is 5. The molecule has 6 nitrogen and oxygen atoms in total. The fourth-order valence-corrected chi connectivity index (χ4v) is 6.78. The number of carbonyl (C=O) groups is 1. The Labute approximate surface area is 197 Å². The molecule has 0 unspecified atom stereocenters. The van der Waals surface area contributed by atoms with Crippen LogP contribution in [0.3, 0.4) is 0 Å². The minimum absolute atomic E-state index is 0.207. The van der Waals surface area contributed by atoms with Crippen molar-refractivity contribution in [1.82, 2.24) is 8.87 Å². The molecule has 1 aromatic heterocycles. The van der Waals surface area contributed by atoms with E-state index in [1.54, 1.807) is 0 Å². The molecule has 0 radical (unpaired) electrons. The summed E-state index contributed by atoms with van der Waals surface area (Å²) in [5, 5.41) is 0.628. The van der Waals surface area contributed by atoms with E-state index in [-0.39, 0.29) is 4.90 Å². The minimum Gasteiger partial charge on any atom is -0.315 e. The fourth-order valence-electron chi connectivity index (χ4n) is 3.90. The summed E-state index contributed by atoms with van der Waals surface area (Å²) >= 11 is 7.81. The molecule has 3 aromatic rings. The average Bonchev–Trinajstić information content (AvgIpc) is 3.12. The fraction of sp³-hybridized carbons (Fsp3) is 0.391. The van der Waals surface area contributed by atoms with Crippen LogP contribution in [0.1, 0.15) is 43.5 Å². The maximum absolute atomic E-state index is 12.9. The minimum atomic E-state index is -3.55. The van der Waals surface area contributed by atoms with Gasteiger partial charge in [-0.2, -0.15) is 9.30 Å². The van der Waals surface area contributed by atoms with Gasteiger partial charge in [0.2, 0.25) is 10.0 Å². The molecule has 0 bridgehead atoms. The average molecular weight is 492 g/mol. The smallest absolute Gasteiger partial charge is 0.279 e. The molecule has 0 aliphatic carbocycles. The zero-order valence-electron chi connectivity index (χ0n) is 18.1. The number of aromatic nitrogens is 1. The lowest BCUT2D eigenvalue weighted by Crippen LogP contribution is -2.37. The Hall–Kier alpha value is -2.00. The highest BCUT2D eigenvalue weighted by Gasteiger charge is 2.28. The topological polar surface area (TPSA) is 71.7 Å². The van der Waals surface area contributed by atoms with Gasteiger partial charge in [0.1, 0.15) is 0 Å².